The van der Waals surface area contributed by atoms with E-state index in [0.717, 1.165) is 16.8 Å². The SMILES string of the molecule is Cc1nnc(N2CC(C)OC(c3ccccc3)C2)c(C#N)c1C. The summed E-state index contributed by atoms with van der Waals surface area (Å²) in [6.45, 7) is 7.21. The number of rotatable bonds is 2. The van der Waals surface area contributed by atoms with Crippen molar-refractivity contribution >= 4 is 5.82 Å². The Hall–Kier alpha value is -2.45. The molecule has 0 radical (unpaired) electrons. The summed E-state index contributed by atoms with van der Waals surface area (Å²) in [5.74, 6) is 0.659. The minimum absolute atomic E-state index is 0.0325. The number of hydrogen-bond acceptors (Lipinski definition) is 5. The van der Waals surface area contributed by atoms with E-state index in [0.29, 0.717) is 24.5 Å². The predicted molar refractivity (Wildman–Crippen MR) is 88.2 cm³/mol. The van der Waals surface area contributed by atoms with Crippen molar-refractivity contribution in [3.8, 4) is 6.07 Å². The van der Waals surface area contributed by atoms with Gasteiger partial charge in [0, 0.05) is 13.1 Å². The normalized spacial score (nSPS) is 21.0. The van der Waals surface area contributed by atoms with E-state index in [9.17, 15) is 5.26 Å². The molecule has 2 heterocycles. The zero-order valence-corrected chi connectivity index (χ0v) is 13.7. The molecule has 0 aliphatic carbocycles. The van der Waals surface area contributed by atoms with Gasteiger partial charge in [0.25, 0.3) is 0 Å². The number of anilines is 1. The largest absolute Gasteiger partial charge is 0.367 e. The summed E-state index contributed by atoms with van der Waals surface area (Å²) >= 11 is 0. The molecule has 2 aromatic rings. The Kier molecular flexibility index (Phi) is 4.26. The van der Waals surface area contributed by atoms with Crippen molar-refractivity contribution < 1.29 is 4.74 Å². The second-order valence-corrected chi connectivity index (χ2v) is 5.97. The molecule has 2 atom stereocenters. The molecule has 23 heavy (non-hydrogen) atoms. The smallest absolute Gasteiger partial charge is 0.169 e. The molecule has 1 aromatic carbocycles. The third-order valence-corrected chi connectivity index (χ3v) is 4.28. The number of aromatic nitrogens is 2. The molecule has 118 valence electrons. The molecule has 3 rings (SSSR count). The van der Waals surface area contributed by atoms with Gasteiger partial charge in [0.05, 0.1) is 11.8 Å². The van der Waals surface area contributed by atoms with E-state index in [-0.39, 0.29) is 12.2 Å². The quantitative estimate of drug-likeness (QED) is 0.853. The lowest BCUT2D eigenvalue weighted by Gasteiger charge is -2.38. The number of benzene rings is 1. The first-order valence-corrected chi connectivity index (χ1v) is 7.79. The van der Waals surface area contributed by atoms with Gasteiger partial charge in [-0.1, -0.05) is 30.3 Å². The summed E-state index contributed by atoms with van der Waals surface area (Å²) in [6, 6.07) is 12.4. The Morgan fingerprint density at radius 3 is 2.61 bits per heavy atom. The van der Waals surface area contributed by atoms with E-state index in [2.05, 4.69) is 33.3 Å². The molecular weight excluding hydrogens is 288 g/mol. The van der Waals surface area contributed by atoms with Crippen molar-refractivity contribution in [1.29, 1.82) is 5.26 Å². The molecule has 1 saturated heterocycles. The van der Waals surface area contributed by atoms with Crippen LogP contribution in [0.4, 0.5) is 5.82 Å². The van der Waals surface area contributed by atoms with Gasteiger partial charge in [-0.15, -0.1) is 5.10 Å². The van der Waals surface area contributed by atoms with E-state index in [1.54, 1.807) is 0 Å². The number of hydrogen-bond donors (Lipinski definition) is 0. The average molecular weight is 308 g/mol. The van der Waals surface area contributed by atoms with E-state index in [1.807, 2.05) is 39.0 Å². The Morgan fingerprint density at radius 1 is 1.17 bits per heavy atom. The van der Waals surface area contributed by atoms with Crippen LogP contribution in [0.3, 0.4) is 0 Å². The summed E-state index contributed by atoms with van der Waals surface area (Å²) < 4.78 is 6.08. The van der Waals surface area contributed by atoms with Crippen LogP contribution in [0.5, 0.6) is 0 Å². The van der Waals surface area contributed by atoms with Crippen LogP contribution in [0.1, 0.15) is 35.4 Å². The lowest BCUT2D eigenvalue weighted by molar-refractivity contribution is -0.0176. The zero-order valence-electron chi connectivity index (χ0n) is 13.7. The Bertz CT molecular complexity index is 739. The fraction of sp³-hybridized carbons (Fsp3) is 0.389. The number of aryl methyl sites for hydroxylation is 1. The third-order valence-electron chi connectivity index (χ3n) is 4.28. The highest BCUT2D eigenvalue weighted by atomic mass is 16.5. The van der Waals surface area contributed by atoms with Crippen LogP contribution in [0.2, 0.25) is 0 Å². The highest BCUT2D eigenvalue weighted by molar-refractivity contribution is 5.58. The molecule has 1 aromatic heterocycles. The first-order chi connectivity index (χ1) is 11.1. The van der Waals surface area contributed by atoms with Crippen LogP contribution in [-0.4, -0.2) is 29.4 Å². The van der Waals surface area contributed by atoms with Crippen LogP contribution >= 0.6 is 0 Å². The van der Waals surface area contributed by atoms with Crippen LogP contribution in [0.25, 0.3) is 0 Å². The summed E-state index contributed by atoms with van der Waals surface area (Å²) in [5.41, 5.74) is 3.44. The summed E-state index contributed by atoms with van der Waals surface area (Å²) in [6.07, 6.45) is 0.0267. The fourth-order valence-corrected chi connectivity index (χ4v) is 2.93. The van der Waals surface area contributed by atoms with E-state index < -0.39 is 0 Å². The lowest BCUT2D eigenvalue weighted by atomic mass is 10.1. The van der Waals surface area contributed by atoms with Crippen LogP contribution in [-0.2, 0) is 4.74 Å². The van der Waals surface area contributed by atoms with Crippen molar-refractivity contribution in [2.24, 2.45) is 0 Å². The average Bonchev–Trinajstić information content (AvgIpc) is 2.57. The summed E-state index contributed by atoms with van der Waals surface area (Å²) in [4.78, 5) is 2.11. The highest BCUT2D eigenvalue weighted by Crippen LogP contribution is 2.30. The van der Waals surface area contributed by atoms with E-state index in [1.165, 1.54) is 0 Å². The van der Waals surface area contributed by atoms with Gasteiger partial charge in [-0.25, -0.2) is 0 Å². The zero-order chi connectivity index (χ0) is 16.4. The standard InChI is InChI=1S/C18H20N4O/c1-12-10-22(11-17(23-12)15-7-5-4-6-8-15)18-16(9-19)13(2)14(3)20-21-18/h4-8,12,17H,10-11H2,1-3H3. The van der Waals surface area contributed by atoms with Gasteiger partial charge in [-0.2, -0.15) is 10.4 Å². The molecule has 1 aliphatic heterocycles. The van der Waals surface area contributed by atoms with Gasteiger partial charge in [-0.05, 0) is 31.9 Å². The minimum atomic E-state index is -0.0325. The van der Waals surface area contributed by atoms with E-state index >= 15 is 0 Å². The van der Waals surface area contributed by atoms with Crippen molar-refractivity contribution in [2.75, 3.05) is 18.0 Å². The lowest BCUT2D eigenvalue weighted by Crippen LogP contribution is -2.43. The topological polar surface area (TPSA) is 62.0 Å². The molecule has 5 heteroatoms. The Labute approximate surface area is 136 Å². The van der Waals surface area contributed by atoms with Gasteiger partial charge in [0.2, 0.25) is 0 Å². The molecular formula is C18H20N4O. The van der Waals surface area contributed by atoms with Gasteiger partial charge < -0.3 is 9.64 Å². The predicted octanol–water partition coefficient (Wildman–Crippen LogP) is 2.93. The fourth-order valence-electron chi connectivity index (χ4n) is 2.93. The van der Waals surface area contributed by atoms with Crippen LogP contribution in [0.15, 0.2) is 30.3 Å². The summed E-state index contributed by atoms with van der Waals surface area (Å²) in [7, 11) is 0. The van der Waals surface area contributed by atoms with Crippen molar-refractivity contribution in [3.63, 3.8) is 0 Å². The number of nitriles is 1. The van der Waals surface area contributed by atoms with Gasteiger partial charge in [0.1, 0.15) is 17.7 Å². The number of nitrogens with zero attached hydrogens (tertiary/aromatic N) is 4. The molecule has 1 aliphatic rings. The number of ether oxygens (including phenoxy) is 1. The van der Waals surface area contributed by atoms with Crippen LogP contribution < -0.4 is 4.90 Å². The molecule has 0 saturated carbocycles. The maximum atomic E-state index is 9.53. The van der Waals surface area contributed by atoms with Gasteiger partial charge in [0.15, 0.2) is 5.82 Å². The van der Waals surface area contributed by atoms with Crippen molar-refractivity contribution in [1.82, 2.24) is 10.2 Å². The minimum Gasteiger partial charge on any atom is -0.367 e. The maximum absolute atomic E-state index is 9.53. The number of morpholine rings is 1. The first kappa shape index (κ1) is 15.4. The van der Waals surface area contributed by atoms with Gasteiger partial charge >= 0.3 is 0 Å². The summed E-state index contributed by atoms with van der Waals surface area (Å²) in [5, 5.41) is 18.0. The first-order valence-electron chi connectivity index (χ1n) is 7.79. The highest BCUT2D eigenvalue weighted by Gasteiger charge is 2.29. The Morgan fingerprint density at radius 2 is 1.91 bits per heavy atom. The molecule has 2 unspecified atom stereocenters. The molecule has 1 fully saturated rings. The molecule has 0 spiro atoms. The van der Waals surface area contributed by atoms with Crippen LogP contribution in [0, 0.1) is 25.2 Å². The second-order valence-electron chi connectivity index (χ2n) is 5.97. The van der Waals surface area contributed by atoms with Crippen molar-refractivity contribution in [3.05, 3.63) is 52.7 Å². The molecule has 0 bridgehead atoms. The third kappa shape index (κ3) is 3.03. The Balaban J connectivity index is 1.94. The second kappa shape index (κ2) is 6.35. The van der Waals surface area contributed by atoms with Crippen molar-refractivity contribution in [2.45, 2.75) is 33.0 Å². The van der Waals surface area contributed by atoms with Gasteiger partial charge in [-0.3, -0.25) is 0 Å². The van der Waals surface area contributed by atoms with E-state index in [4.69, 9.17) is 4.74 Å². The monoisotopic (exact) mass is 308 g/mol. The molecule has 5 nitrogen and oxygen atoms in total. The maximum Gasteiger partial charge on any atom is 0.169 e. The molecule has 0 amide bonds. The molecule has 0 N–H and O–H groups in total.